The Balaban J connectivity index is 0.000000229. The molecule has 5 aromatic heterocycles. The van der Waals surface area contributed by atoms with Gasteiger partial charge in [-0.15, -0.1) is 0 Å². The van der Waals surface area contributed by atoms with Gasteiger partial charge in [0.15, 0.2) is 0 Å². The summed E-state index contributed by atoms with van der Waals surface area (Å²) in [5.74, 6) is 0.663. The first-order chi connectivity index (χ1) is 30.5. The zero-order valence-electron chi connectivity index (χ0n) is 35.4. The largest absolute Gasteiger partial charge is 0.486 e. The number of hydrazone groups is 3. The summed E-state index contributed by atoms with van der Waals surface area (Å²) in [4.78, 5) is 50.4. The van der Waals surface area contributed by atoms with Crippen molar-refractivity contribution >= 4 is 42.5 Å². The van der Waals surface area contributed by atoms with E-state index in [4.69, 9.17) is 4.74 Å². The second-order valence-electron chi connectivity index (χ2n) is 12.2. The molecule has 62 heavy (non-hydrogen) atoms. The SMILES string of the molecule is CC=NCCN(Cc1ccccn1)Cc1ccccn1.CC=NNC(=O)c1ccccc1OCc1ccccn1.CC=NNC(=O)c1ccccn1.CC=NNc1ccccn1. The maximum absolute atomic E-state index is 11.9. The second-order valence-corrected chi connectivity index (χ2v) is 12.2. The van der Waals surface area contributed by atoms with Crippen LogP contribution in [0.2, 0.25) is 0 Å². The number of amides is 2. The summed E-state index contributed by atoms with van der Waals surface area (Å²) in [5.41, 5.74) is 11.2. The summed E-state index contributed by atoms with van der Waals surface area (Å²) in [5, 5.41) is 11.1. The van der Waals surface area contributed by atoms with Crippen molar-refractivity contribution in [3.05, 3.63) is 175 Å². The molecule has 16 heteroatoms. The molecule has 6 rings (SSSR count). The van der Waals surface area contributed by atoms with Crippen LogP contribution in [-0.4, -0.2) is 79.6 Å². The van der Waals surface area contributed by atoms with Crippen molar-refractivity contribution in [2.75, 3.05) is 18.5 Å². The van der Waals surface area contributed by atoms with E-state index in [0.29, 0.717) is 23.6 Å². The van der Waals surface area contributed by atoms with Gasteiger partial charge in [-0.2, -0.15) is 15.3 Å². The fourth-order valence-corrected chi connectivity index (χ4v) is 4.82. The number of carbonyl (C=O) groups is 2. The molecule has 0 bridgehead atoms. The molecule has 0 fully saturated rings. The summed E-state index contributed by atoms with van der Waals surface area (Å²) in [6.07, 6.45) is 15.2. The zero-order chi connectivity index (χ0) is 44.3. The predicted molar refractivity (Wildman–Crippen MR) is 246 cm³/mol. The van der Waals surface area contributed by atoms with Gasteiger partial charge < -0.3 is 4.74 Å². The van der Waals surface area contributed by atoms with E-state index in [0.717, 1.165) is 49.1 Å². The Morgan fingerprint density at radius 1 is 0.565 bits per heavy atom. The van der Waals surface area contributed by atoms with E-state index in [-0.39, 0.29) is 11.8 Å². The molecule has 0 spiro atoms. The molecule has 16 nitrogen and oxygen atoms in total. The Hall–Kier alpha value is -7.85. The number of ether oxygens (including phenoxy) is 1. The second kappa shape index (κ2) is 31.1. The van der Waals surface area contributed by atoms with Crippen molar-refractivity contribution in [2.45, 2.75) is 47.4 Å². The molecule has 0 aliphatic heterocycles. The van der Waals surface area contributed by atoms with Crippen LogP contribution in [0.1, 0.15) is 65.6 Å². The fraction of sp³-hybridized carbons (Fsp3) is 0.196. The highest BCUT2D eigenvalue weighted by Crippen LogP contribution is 2.19. The molecule has 0 radical (unpaired) electrons. The summed E-state index contributed by atoms with van der Waals surface area (Å²) in [7, 11) is 0. The number of benzene rings is 1. The lowest BCUT2D eigenvalue weighted by Crippen LogP contribution is -2.26. The number of aliphatic imine (C=N–C) groups is 1. The van der Waals surface area contributed by atoms with Crippen LogP contribution in [0.3, 0.4) is 0 Å². The van der Waals surface area contributed by atoms with Gasteiger partial charge in [0.05, 0.1) is 29.2 Å². The van der Waals surface area contributed by atoms with Gasteiger partial charge in [-0.3, -0.25) is 44.8 Å². The number of nitrogens with zero attached hydrogens (tertiary/aromatic N) is 10. The Kier molecular flexibility index (Phi) is 24.4. The Morgan fingerprint density at radius 3 is 1.60 bits per heavy atom. The average molecular weight is 836 g/mol. The van der Waals surface area contributed by atoms with Crippen LogP contribution in [0.15, 0.2) is 167 Å². The Labute approximate surface area is 363 Å². The lowest BCUT2D eigenvalue weighted by Gasteiger charge is -2.20. The number of para-hydroxylation sites is 1. The molecule has 0 aliphatic rings. The standard InChI is InChI=1S/C16H20N4.C15H15N3O2.C8H9N3O.C7H9N3/c1-2-17-11-12-20(13-15-7-3-5-9-18-15)14-16-8-4-6-10-19-16;1-2-17-18-15(19)13-8-3-4-9-14(13)20-11-12-7-5-6-10-16-12;1-2-10-11-8(12)7-5-3-4-6-9-7;1-2-9-10-7-5-3-4-6-8-7/h2-10H,11-14H2,1H3;2-10H,11H2,1H3,(H,18,19);2-6H,1H3,(H,11,12);2-6H,1H3,(H,8,10). The molecule has 1 aromatic carbocycles. The van der Waals surface area contributed by atoms with Crippen molar-refractivity contribution in [3.8, 4) is 5.75 Å². The van der Waals surface area contributed by atoms with Gasteiger partial charge in [0.2, 0.25) is 0 Å². The number of carbonyl (C=O) groups excluding carboxylic acids is 2. The first kappa shape index (κ1) is 48.5. The van der Waals surface area contributed by atoms with E-state index in [9.17, 15) is 9.59 Å². The average Bonchev–Trinajstić information content (AvgIpc) is 3.33. The molecule has 3 N–H and O–H groups in total. The lowest BCUT2D eigenvalue weighted by atomic mass is 10.2. The maximum atomic E-state index is 11.9. The third kappa shape index (κ3) is 20.7. The minimum atomic E-state index is -0.306. The van der Waals surface area contributed by atoms with E-state index >= 15 is 0 Å². The fourth-order valence-electron chi connectivity index (χ4n) is 4.82. The van der Waals surface area contributed by atoms with Crippen molar-refractivity contribution in [1.29, 1.82) is 0 Å². The number of hydrogen-bond donors (Lipinski definition) is 3. The topological polar surface area (TPSA) is 197 Å². The van der Waals surface area contributed by atoms with Crippen LogP contribution in [-0.2, 0) is 19.7 Å². The highest BCUT2D eigenvalue weighted by molar-refractivity contribution is 5.97. The molecular weight excluding hydrogens is 783 g/mol. The highest BCUT2D eigenvalue weighted by atomic mass is 16.5. The molecular formula is C46H53N13O3. The Bertz CT molecular complexity index is 2170. The van der Waals surface area contributed by atoms with E-state index in [1.165, 1.54) is 12.4 Å². The van der Waals surface area contributed by atoms with Crippen molar-refractivity contribution in [2.24, 2.45) is 20.3 Å². The van der Waals surface area contributed by atoms with Crippen LogP contribution < -0.4 is 21.0 Å². The smallest absolute Gasteiger partial charge is 0.289 e. The number of pyridine rings is 5. The Morgan fingerprint density at radius 2 is 1.08 bits per heavy atom. The van der Waals surface area contributed by atoms with Crippen molar-refractivity contribution < 1.29 is 14.3 Å². The minimum Gasteiger partial charge on any atom is -0.486 e. The molecule has 320 valence electrons. The number of anilines is 1. The third-order valence-electron chi connectivity index (χ3n) is 7.65. The van der Waals surface area contributed by atoms with Gasteiger partial charge >= 0.3 is 0 Å². The van der Waals surface area contributed by atoms with Crippen LogP contribution in [0.5, 0.6) is 5.75 Å². The molecule has 2 amide bonds. The number of aromatic nitrogens is 5. The maximum Gasteiger partial charge on any atom is 0.289 e. The zero-order valence-corrected chi connectivity index (χ0v) is 35.4. The monoisotopic (exact) mass is 835 g/mol. The van der Waals surface area contributed by atoms with Gasteiger partial charge in [0.25, 0.3) is 11.8 Å². The minimum absolute atomic E-state index is 0.297. The van der Waals surface area contributed by atoms with Gasteiger partial charge in [0, 0.05) is 69.3 Å². The summed E-state index contributed by atoms with van der Waals surface area (Å²) in [6, 6.07) is 35.4. The number of rotatable bonds is 16. The molecule has 5 heterocycles. The van der Waals surface area contributed by atoms with E-state index in [2.05, 4.69) is 78.5 Å². The van der Waals surface area contributed by atoms with Crippen LogP contribution in [0, 0.1) is 0 Å². The van der Waals surface area contributed by atoms with Gasteiger partial charge in [-0.05, 0) is 107 Å². The number of hydrogen-bond acceptors (Lipinski definition) is 14. The quantitative estimate of drug-likeness (QED) is 0.0658. The van der Waals surface area contributed by atoms with Crippen LogP contribution >= 0.6 is 0 Å². The van der Waals surface area contributed by atoms with Gasteiger partial charge in [-0.1, -0.05) is 42.5 Å². The lowest BCUT2D eigenvalue weighted by molar-refractivity contribution is 0.0942. The van der Waals surface area contributed by atoms with Crippen molar-refractivity contribution in [1.82, 2.24) is 40.7 Å². The third-order valence-corrected chi connectivity index (χ3v) is 7.65. The summed E-state index contributed by atoms with van der Waals surface area (Å²) in [6.45, 7) is 10.9. The summed E-state index contributed by atoms with van der Waals surface area (Å²) < 4.78 is 5.65. The highest BCUT2D eigenvalue weighted by Gasteiger charge is 2.12. The van der Waals surface area contributed by atoms with E-state index in [1.54, 1.807) is 75.1 Å². The van der Waals surface area contributed by atoms with Gasteiger partial charge in [-0.25, -0.2) is 15.8 Å². The molecule has 0 unspecified atom stereocenters. The molecule has 0 saturated heterocycles. The van der Waals surface area contributed by atoms with Crippen molar-refractivity contribution in [3.63, 3.8) is 0 Å². The first-order valence-corrected chi connectivity index (χ1v) is 19.7. The molecule has 0 aliphatic carbocycles. The van der Waals surface area contributed by atoms with Gasteiger partial charge in [0.1, 0.15) is 23.9 Å². The van der Waals surface area contributed by atoms with E-state index < -0.39 is 0 Å². The first-order valence-electron chi connectivity index (χ1n) is 19.7. The molecule has 6 aromatic rings. The molecule has 0 atom stereocenters. The van der Waals surface area contributed by atoms with E-state index in [1.807, 2.05) is 99.2 Å². The van der Waals surface area contributed by atoms with Crippen LogP contribution in [0.25, 0.3) is 0 Å². The molecule has 0 saturated carbocycles. The predicted octanol–water partition coefficient (Wildman–Crippen LogP) is 7.28. The number of nitrogens with one attached hydrogen (secondary N) is 3. The summed E-state index contributed by atoms with van der Waals surface area (Å²) >= 11 is 0. The normalized spacial score (nSPS) is 10.6. The van der Waals surface area contributed by atoms with Crippen LogP contribution in [0.4, 0.5) is 5.82 Å².